The highest BCUT2D eigenvalue weighted by atomic mass is 16.5. The van der Waals surface area contributed by atoms with Gasteiger partial charge in [-0.2, -0.15) is 0 Å². The molecule has 1 amide bonds. The number of rotatable bonds is 5. The molecule has 26 heavy (non-hydrogen) atoms. The van der Waals surface area contributed by atoms with Crippen LogP contribution < -0.4 is 0 Å². The molecule has 2 aliphatic carbocycles. The number of carbonyl (C=O) groups is 1. The van der Waals surface area contributed by atoms with E-state index >= 15 is 0 Å². The predicted octanol–water partition coefficient (Wildman–Crippen LogP) is 2.83. The van der Waals surface area contributed by atoms with Gasteiger partial charge in [-0.25, -0.2) is 0 Å². The zero-order chi connectivity index (χ0) is 17.9. The van der Waals surface area contributed by atoms with Gasteiger partial charge in [-0.1, -0.05) is 12.8 Å². The molecule has 0 unspecified atom stereocenters. The summed E-state index contributed by atoms with van der Waals surface area (Å²) in [5, 5.41) is 0. The molecule has 4 aliphatic rings. The van der Waals surface area contributed by atoms with Crippen LogP contribution in [0.25, 0.3) is 0 Å². The molecule has 0 spiro atoms. The fraction of sp³-hybridized carbons (Fsp3) is 0.952. The number of hydrogen-bond donors (Lipinski definition) is 0. The zero-order valence-corrected chi connectivity index (χ0v) is 16.4. The summed E-state index contributed by atoms with van der Waals surface area (Å²) in [6.07, 6.45) is 11.3. The van der Waals surface area contributed by atoms with Crippen LogP contribution in [0.1, 0.15) is 64.7 Å². The number of fused-ring (bicyclic) bond motifs is 1. The molecule has 2 saturated heterocycles. The molecule has 0 N–H and O–H groups in total. The van der Waals surface area contributed by atoms with Gasteiger partial charge in [0.1, 0.15) is 6.61 Å². The van der Waals surface area contributed by atoms with Crippen LogP contribution in [0.15, 0.2) is 0 Å². The first kappa shape index (κ1) is 18.7. The van der Waals surface area contributed by atoms with E-state index in [1.807, 2.05) is 0 Å². The molecule has 2 saturated carbocycles. The normalized spacial score (nSPS) is 37.1. The Morgan fingerprint density at radius 1 is 1.04 bits per heavy atom. The van der Waals surface area contributed by atoms with Gasteiger partial charge in [0.05, 0.1) is 12.1 Å². The molecular formula is C21H36N2O3. The van der Waals surface area contributed by atoms with Crippen molar-refractivity contribution in [2.24, 2.45) is 5.92 Å². The van der Waals surface area contributed by atoms with Crippen LogP contribution in [0.2, 0.25) is 0 Å². The molecule has 0 radical (unpaired) electrons. The summed E-state index contributed by atoms with van der Waals surface area (Å²) in [6.45, 7) is 6.47. The Kier molecular flexibility index (Phi) is 6.17. The first-order valence-corrected chi connectivity index (χ1v) is 11.0. The first-order valence-electron chi connectivity index (χ1n) is 11.0. The second-order valence-electron chi connectivity index (χ2n) is 8.76. The van der Waals surface area contributed by atoms with Crippen molar-refractivity contribution in [3.63, 3.8) is 0 Å². The average Bonchev–Trinajstić information content (AvgIpc) is 3.15. The van der Waals surface area contributed by atoms with E-state index in [1.54, 1.807) is 0 Å². The van der Waals surface area contributed by atoms with E-state index in [0.717, 1.165) is 63.9 Å². The summed E-state index contributed by atoms with van der Waals surface area (Å²) in [4.78, 5) is 17.6. The largest absolute Gasteiger partial charge is 0.381 e. The number of hydrogen-bond acceptors (Lipinski definition) is 4. The maximum atomic E-state index is 12.6. The minimum atomic E-state index is 0.240. The van der Waals surface area contributed by atoms with Crippen molar-refractivity contribution in [3.05, 3.63) is 0 Å². The van der Waals surface area contributed by atoms with E-state index in [9.17, 15) is 4.79 Å². The third-order valence-corrected chi connectivity index (χ3v) is 7.21. The Morgan fingerprint density at radius 2 is 1.85 bits per heavy atom. The highest BCUT2D eigenvalue weighted by molar-refractivity contribution is 5.79. The second kappa shape index (κ2) is 8.57. The van der Waals surface area contributed by atoms with Gasteiger partial charge < -0.3 is 19.3 Å². The molecule has 148 valence electrons. The van der Waals surface area contributed by atoms with Crippen molar-refractivity contribution in [3.8, 4) is 0 Å². The lowest BCUT2D eigenvalue weighted by molar-refractivity contribution is -0.167. The number of piperidine rings is 1. The topological polar surface area (TPSA) is 42.0 Å². The Morgan fingerprint density at radius 3 is 2.65 bits per heavy atom. The minimum absolute atomic E-state index is 0.240. The first-order chi connectivity index (χ1) is 12.8. The molecule has 5 nitrogen and oxygen atoms in total. The third kappa shape index (κ3) is 3.95. The number of carbonyl (C=O) groups excluding carboxylic acids is 1. The Bertz CT molecular complexity index is 478. The average molecular weight is 365 g/mol. The van der Waals surface area contributed by atoms with Gasteiger partial charge in [-0.3, -0.25) is 4.79 Å². The van der Waals surface area contributed by atoms with Crippen LogP contribution in [0.3, 0.4) is 0 Å². The van der Waals surface area contributed by atoms with Gasteiger partial charge >= 0.3 is 0 Å². The SMILES string of the molecule is CCOC[C@@H]1CC[C@H](N2CCC(N3C(=O)CO[C@H]4CCCC[C@@H]43)CC2)C1. The summed E-state index contributed by atoms with van der Waals surface area (Å²) in [7, 11) is 0. The predicted molar refractivity (Wildman–Crippen MR) is 101 cm³/mol. The molecule has 0 aromatic rings. The molecule has 0 aromatic heterocycles. The monoisotopic (exact) mass is 364 g/mol. The second-order valence-corrected chi connectivity index (χ2v) is 8.76. The van der Waals surface area contributed by atoms with Gasteiger partial charge in [0.15, 0.2) is 0 Å². The quantitative estimate of drug-likeness (QED) is 0.752. The van der Waals surface area contributed by atoms with Gasteiger partial charge in [0.25, 0.3) is 0 Å². The van der Waals surface area contributed by atoms with Crippen molar-refractivity contribution in [2.75, 3.05) is 32.9 Å². The van der Waals surface area contributed by atoms with Crippen molar-refractivity contribution in [1.82, 2.24) is 9.80 Å². The van der Waals surface area contributed by atoms with Gasteiger partial charge in [0, 0.05) is 38.4 Å². The maximum absolute atomic E-state index is 12.6. The van der Waals surface area contributed by atoms with Crippen LogP contribution >= 0.6 is 0 Å². The van der Waals surface area contributed by atoms with Crippen molar-refractivity contribution in [2.45, 2.75) is 88.9 Å². The summed E-state index contributed by atoms with van der Waals surface area (Å²) >= 11 is 0. The van der Waals surface area contributed by atoms with Crippen LogP contribution in [0, 0.1) is 5.92 Å². The summed E-state index contributed by atoms with van der Waals surface area (Å²) in [5.74, 6) is 0.991. The molecule has 4 atom stereocenters. The molecule has 2 heterocycles. The highest BCUT2D eigenvalue weighted by Gasteiger charge is 2.42. The van der Waals surface area contributed by atoms with E-state index in [4.69, 9.17) is 9.47 Å². The summed E-state index contributed by atoms with van der Waals surface area (Å²) in [6, 6.07) is 1.53. The Labute approximate surface area is 158 Å². The zero-order valence-electron chi connectivity index (χ0n) is 16.4. The number of morpholine rings is 1. The number of ether oxygens (including phenoxy) is 2. The molecule has 4 rings (SSSR count). The lowest BCUT2D eigenvalue weighted by Crippen LogP contribution is -2.61. The summed E-state index contributed by atoms with van der Waals surface area (Å²) < 4.78 is 11.5. The molecule has 0 bridgehead atoms. The fourth-order valence-corrected chi connectivity index (χ4v) is 5.85. The lowest BCUT2D eigenvalue weighted by atomic mass is 9.87. The van der Waals surface area contributed by atoms with E-state index in [0.29, 0.717) is 24.8 Å². The number of nitrogens with zero attached hydrogens (tertiary/aromatic N) is 2. The van der Waals surface area contributed by atoms with E-state index < -0.39 is 0 Å². The van der Waals surface area contributed by atoms with Crippen molar-refractivity contribution in [1.29, 1.82) is 0 Å². The molecule has 5 heteroatoms. The van der Waals surface area contributed by atoms with Gasteiger partial charge in [-0.05, 0) is 57.8 Å². The van der Waals surface area contributed by atoms with E-state index in [-0.39, 0.29) is 5.91 Å². The molecular weight excluding hydrogens is 328 g/mol. The fourth-order valence-electron chi connectivity index (χ4n) is 5.85. The van der Waals surface area contributed by atoms with Crippen LogP contribution in [0.4, 0.5) is 0 Å². The van der Waals surface area contributed by atoms with E-state index in [2.05, 4.69) is 16.7 Å². The number of likely N-dealkylation sites (tertiary alicyclic amines) is 1. The molecule has 0 aromatic carbocycles. The molecule has 4 fully saturated rings. The van der Waals surface area contributed by atoms with Gasteiger partial charge in [0.2, 0.25) is 5.91 Å². The molecule has 2 aliphatic heterocycles. The van der Waals surface area contributed by atoms with Crippen LogP contribution in [-0.2, 0) is 14.3 Å². The lowest BCUT2D eigenvalue weighted by Gasteiger charge is -2.49. The Balaban J connectivity index is 1.30. The van der Waals surface area contributed by atoms with Crippen LogP contribution in [-0.4, -0.2) is 72.8 Å². The standard InChI is InChI=1S/C21H36N2O3/c1-2-25-14-16-7-8-18(13-16)22-11-9-17(10-12-22)23-19-5-3-4-6-20(19)26-15-21(23)24/h16-20H,2-15H2,1H3/t16-,18+,19+,20+/m1/s1. The van der Waals surface area contributed by atoms with Gasteiger partial charge in [-0.15, -0.1) is 0 Å². The van der Waals surface area contributed by atoms with Crippen molar-refractivity contribution >= 4 is 5.91 Å². The van der Waals surface area contributed by atoms with Crippen molar-refractivity contribution < 1.29 is 14.3 Å². The highest BCUT2D eigenvalue weighted by Crippen LogP contribution is 2.35. The number of amides is 1. The minimum Gasteiger partial charge on any atom is -0.381 e. The smallest absolute Gasteiger partial charge is 0.249 e. The summed E-state index contributed by atoms with van der Waals surface area (Å²) in [5.41, 5.74) is 0. The maximum Gasteiger partial charge on any atom is 0.249 e. The third-order valence-electron chi connectivity index (χ3n) is 7.21. The van der Waals surface area contributed by atoms with E-state index in [1.165, 1.54) is 32.1 Å². The van der Waals surface area contributed by atoms with Crippen LogP contribution in [0.5, 0.6) is 0 Å². The Hall–Kier alpha value is -0.650.